The molecule has 0 spiro atoms. The molecule has 74 heavy (non-hydrogen) atoms. The second-order valence-corrected chi connectivity index (χ2v) is 21.6. The molecule has 0 aliphatic rings. The minimum absolute atomic E-state index is 0.0769. The number of hydrogen-bond donors (Lipinski definition) is 0. The summed E-state index contributed by atoms with van der Waals surface area (Å²) >= 11 is 0. The molecular weight excluding hydrogens is 913 g/mol. The number of unbranched alkanes of at least 4 members (excludes halogenated alkanes) is 38. The molecule has 0 bridgehead atoms. The van der Waals surface area contributed by atoms with Crippen molar-refractivity contribution >= 4 is 17.9 Å². The molecule has 0 fully saturated rings. The summed E-state index contributed by atoms with van der Waals surface area (Å²) in [6.45, 7) is 6.56. The van der Waals surface area contributed by atoms with E-state index in [0.29, 0.717) is 19.3 Å². The number of carbonyl (C=O) groups is 3. The highest BCUT2D eigenvalue weighted by molar-refractivity contribution is 5.71. The van der Waals surface area contributed by atoms with Crippen molar-refractivity contribution in [2.75, 3.05) is 13.2 Å². The van der Waals surface area contributed by atoms with Gasteiger partial charge in [-0.25, -0.2) is 0 Å². The minimum atomic E-state index is -0.781. The quantitative estimate of drug-likeness (QED) is 0.0261. The SMILES string of the molecule is CC/C=C\C/C=C\C/C=C\C/C=C\CCCCCCCCC(=O)OC(COC(=O)CCCCCCCCCCCCC/C=C\CCCCCCCCCC)COC(=O)CCCCCCCCCCCCCCCC. The Bertz CT molecular complexity index is 1330. The van der Waals surface area contributed by atoms with Crippen LogP contribution in [-0.2, 0) is 28.6 Å². The fourth-order valence-corrected chi connectivity index (χ4v) is 9.43. The lowest BCUT2D eigenvalue weighted by molar-refractivity contribution is -0.167. The minimum Gasteiger partial charge on any atom is -0.462 e. The molecule has 0 saturated heterocycles. The first-order valence-electron chi connectivity index (χ1n) is 32.3. The van der Waals surface area contributed by atoms with Gasteiger partial charge in [0.05, 0.1) is 0 Å². The van der Waals surface area contributed by atoms with Crippen LogP contribution in [0.2, 0.25) is 0 Å². The van der Waals surface area contributed by atoms with Gasteiger partial charge in [0.1, 0.15) is 13.2 Å². The molecule has 1 unspecified atom stereocenters. The molecule has 0 amide bonds. The molecule has 0 aliphatic carbocycles. The maximum atomic E-state index is 12.9. The van der Waals surface area contributed by atoms with Crippen molar-refractivity contribution in [1.29, 1.82) is 0 Å². The van der Waals surface area contributed by atoms with Gasteiger partial charge >= 0.3 is 17.9 Å². The van der Waals surface area contributed by atoms with Gasteiger partial charge in [0.2, 0.25) is 0 Å². The molecule has 0 rings (SSSR count). The number of esters is 3. The van der Waals surface area contributed by atoms with Crippen LogP contribution in [0.25, 0.3) is 0 Å². The van der Waals surface area contributed by atoms with Crippen LogP contribution in [0, 0.1) is 0 Å². The van der Waals surface area contributed by atoms with Crippen LogP contribution in [0.5, 0.6) is 0 Å². The Hall–Kier alpha value is -2.89. The third-order valence-corrected chi connectivity index (χ3v) is 14.3. The van der Waals surface area contributed by atoms with Gasteiger partial charge in [-0.1, -0.05) is 293 Å². The smallest absolute Gasteiger partial charge is 0.306 e. The molecule has 0 radical (unpaired) electrons. The van der Waals surface area contributed by atoms with Crippen molar-refractivity contribution < 1.29 is 28.6 Å². The molecule has 6 heteroatoms. The first-order valence-corrected chi connectivity index (χ1v) is 32.3. The van der Waals surface area contributed by atoms with Crippen LogP contribution in [-0.4, -0.2) is 37.2 Å². The largest absolute Gasteiger partial charge is 0.462 e. The second-order valence-electron chi connectivity index (χ2n) is 21.6. The molecule has 1 atom stereocenters. The Morgan fingerprint density at radius 1 is 0.284 bits per heavy atom. The van der Waals surface area contributed by atoms with Crippen molar-refractivity contribution in [3.8, 4) is 0 Å². The molecule has 0 saturated carbocycles. The van der Waals surface area contributed by atoms with Gasteiger partial charge in [-0.2, -0.15) is 0 Å². The zero-order valence-corrected chi connectivity index (χ0v) is 49.4. The van der Waals surface area contributed by atoms with Gasteiger partial charge in [0, 0.05) is 19.3 Å². The van der Waals surface area contributed by atoms with Crippen molar-refractivity contribution in [3.63, 3.8) is 0 Å². The Kier molecular flexibility index (Phi) is 60.2. The van der Waals surface area contributed by atoms with E-state index in [1.807, 2.05) is 0 Å². The van der Waals surface area contributed by atoms with E-state index in [4.69, 9.17) is 14.2 Å². The summed E-state index contributed by atoms with van der Waals surface area (Å²) in [6.07, 6.45) is 79.4. The third kappa shape index (κ3) is 60.0. The highest BCUT2D eigenvalue weighted by Gasteiger charge is 2.19. The molecule has 6 nitrogen and oxygen atoms in total. The number of ether oxygens (including phenoxy) is 3. The third-order valence-electron chi connectivity index (χ3n) is 14.3. The molecule has 0 aliphatic heterocycles. The number of rotatable bonds is 59. The fraction of sp³-hybridized carbons (Fsp3) is 0.809. The fourth-order valence-electron chi connectivity index (χ4n) is 9.43. The number of allylic oxidation sites excluding steroid dienone is 10. The van der Waals surface area contributed by atoms with E-state index < -0.39 is 6.10 Å². The first kappa shape index (κ1) is 71.1. The standard InChI is InChI=1S/C68H122O6/c1-4-7-10-13-16-19-22-25-28-30-32-33-34-35-37-38-40-43-46-49-52-55-58-61-67(70)73-64-65(63-72-66(69)60-57-54-51-48-45-42-27-24-21-18-15-12-9-6-3)74-68(71)62-59-56-53-50-47-44-41-39-36-31-29-26-23-20-17-14-11-8-5-2/h8,11,17,20,26,29-30,32,36,39,65H,4-7,9-10,12-16,18-19,21-25,27-28,31,33-35,37-38,40-64H2,1-3H3/b11-8-,20-17-,29-26-,32-30-,39-36-. The van der Waals surface area contributed by atoms with E-state index in [9.17, 15) is 14.4 Å². The lowest BCUT2D eigenvalue weighted by Crippen LogP contribution is -2.30. The van der Waals surface area contributed by atoms with Gasteiger partial charge in [-0.05, 0) is 83.5 Å². The summed E-state index contributed by atoms with van der Waals surface area (Å²) in [4.78, 5) is 38.3. The Balaban J connectivity index is 4.32. The monoisotopic (exact) mass is 1030 g/mol. The number of carbonyl (C=O) groups excluding carboxylic acids is 3. The van der Waals surface area contributed by atoms with Crippen molar-refractivity contribution in [3.05, 3.63) is 60.8 Å². The van der Waals surface area contributed by atoms with Crippen LogP contribution in [0.1, 0.15) is 335 Å². The topological polar surface area (TPSA) is 78.9 Å². The van der Waals surface area contributed by atoms with E-state index in [1.54, 1.807) is 0 Å². The molecule has 0 aromatic carbocycles. The Morgan fingerprint density at radius 2 is 0.527 bits per heavy atom. The van der Waals surface area contributed by atoms with Gasteiger partial charge in [-0.3, -0.25) is 14.4 Å². The molecule has 0 N–H and O–H groups in total. The highest BCUT2D eigenvalue weighted by atomic mass is 16.6. The maximum Gasteiger partial charge on any atom is 0.306 e. The van der Waals surface area contributed by atoms with E-state index in [2.05, 4.69) is 81.5 Å². The summed E-state index contributed by atoms with van der Waals surface area (Å²) in [5, 5.41) is 0. The van der Waals surface area contributed by atoms with E-state index in [-0.39, 0.29) is 31.1 Å². The molecule has 0 heterocycles. The summed E-state index contributed by atoms with van der Waals surface area (Å²) in [6, 6.07) is 0. The summed E-state index contributed by atoms with van der Waals surface area (Å²) in [7, 11) is 0. The average molecular weight is 1040 g/mol. The summed E-state index contributed by atoms with van der Waals surface area (Å²) in [5.74, 6) is -0.873. The van der Waals surface area contributed by atoms with E-state index in [0.717, 1.165) is 96.3 Å². The molecule has 0 aromatic rings. The zero-order chi connectivity index (χ0) is 53.6. The average Bonchev–Trinajstić information content (AvgIpc) is 3.40. The van der Waals surface area contributed by atoms with E-state index in [1.165, 1.54) is 199 Å². The predicted molar refractivity (Wildman–Crippen MR) is 321 cm³/mol. The molecule has 0 aromatic heterocycles. The van der Waals surface area contributed by atoms with Crippen LogP contribution < -0.4 is 0 Å². The van der Waals surface area contributed by atoms with E-state index >= 15 is 0 Å². The van der Waals surface area contributed by atoms with Crippen molar-refractivity contribution in [1.82, 2.24) is 0 Å². The van der Waals surface area contributed by atoms with Gasteiger partial charge < -0.3 is 14.2 Å². The van der Waals surface area contributed by atoms with Gasteiger partial charge in [0.15, 0.2) is 6.10 Å². The zero-order valence-electron chi connectivity index (χ0n) is 49.4. The normalized spacial score (nSPS) is 12.4. The molecular formula is C68H122O6. The highest BCUT2D eigenvalue weighted by Crippen LogP contribution is 2.17. The second kappa shape index (κ2) is 62.6. The van der Waals surface area contributed by atoms with Crippen molar-refractivity contribution in [2.45, 2.75) is 341 Å². The Morgan fingerprint density at radius 3 is 0.838 bits per heavy atom. The van der Waals surface area contributed by atoms with Crippen LogP contribution >= 0.6 is 0 Å². The van der Waals surface area contributed by atoms with Crippen LogP contribution in [0.4, 0.5) is 0 Å². The van der Waals surface area contributed by atoms with Crippen LogP contribution in [0.3, 0.4) is 0 Å². The molecule has 430 valence electrons. The van der Waals surface area contributed by atoms with Crippen LogP contribution in [0.15, 0.2) is 60.8 Å². The predicted octanol–water partition coefficient (Wildman–Crippen LogP) is 21.9. The van der Waals surface area contributed by atoms with Crippen molar-refractivity contribution in [2.24, 2.45) is 0 Å². The summed E-state index contributed by atoms with van der Waals surface area (Å²) < 4.78 is 16.9. The van der Waals surface area contributed by atoms with Gasteiger partial charge in [0.25, 0.3) is 0 Å². The van der Waals surface area contributed by atoms with Gasteiger partial charge in [-0.15, -0.1) is 0 Å². The number of hydrogen-bond acceptors (Lipinski definition) is 6. The lowest BCUT2D eigenvalue weighted by atomic mass is 10.0. The Labute approximate surface area is 460 Å². The summed E-state index contributed by atoms with van der Waals surface area (Å²) in [5.41, 5.74) is 0. The first-order chi connectivity index (χ1) is 36.5. The lowest BCUT2D eigenvalue weighted by Gasteiger charge is -2.18. The maximum absolute atomic E-state index is 12.9.